The van der Waals surface area contributed by atoms with Crippen molar-refractivity contribution in [2.45, 2.75) is 57.3 Å². The quantitative estimate of drug-likeness (QED) is 0.533. The first-order chi connectivity index (χ1) is 13.9. The predicted octanol–water partition coefficient (Wildman–Crippen LogP) is 3.25. The van der Waals surface area contributed by atoms with Crippen molar-refractivity contribution in [1.29, 1.82) is 0 Å². The maximum Gasteiger partial charge on any atom is 0.434 e. The van der Waals surface area contributed by atoms with Crippen LogP contribution >= 0.6 is 11.3 Å². The number of aromatic nitrogens is 1. The van der Waals surface area contributed by atoms with E-state index in [1.807, 2.05) is 6.92 Å². The number of halogens is 3. The Balaban J connectivity index is 1.65. The molecule has 0 atom stereocenters. The first-order valence-electron chi connectivity index (χ1n) is 10.3. The van der Waals surface area contributed by atoms with Gasteiger partial charge in [-0.25, -0.2) is 9.98 Å². The van der Waals surface area contributed by atoms with Crippen molar-refractivity contribution in [2.24, 2.45) is 4.99 Å². The average molecular weight is 434 g/mol. The third kappa shape index (κ3) is 6.05. The molecule has 2 heterocycles. The van der Waals surface area contributed by atoms with Gasteiger partial charge in [-0.1, -0.05) is 19.3 Å². The van der Waals surface area contributed by atoms with Gasteiger partial charge in [0.25, 0.3) is 0 Å². The lowest BCUT2D eigenvalue weighted by molar-refractivity contribution is -0.140. The summed E-state index contributed by atoms with van der Waals surface area (Å²) in [4.78, 5) is 10.7. The number of hydrogen-bond donors (Lipinski definition) is 2. The van der Waals surface area contributed by atoms with E-state index >= 15 is 0 Å². The zero-order valence-electron chi connectivity index (χ0n) is 16.9. The maximum absolute atomic E-state index is 12.7. The molecular formula is C19H30F3N5OS. The standard InChI is InChI=1S/C19H30F3N5OS/c1-2-23-17(24-12-16-26-15(13-29-16)19(20,21)22)25-14-18(6-4-3-5-7-18)27-8-10-28-11-9-27/h13H,2-12,14H2,1H3,(H2,23,24,25). The van der Waals surface area contributed by atoms with Gasteiger partial charge < -0.3 is 15.4 Å². The molecule has 2 N–H and O–H groups in total. The SMILES string of the molecule is CCNC(=NCc1nc(C(F)(F)F)cs1)NCC1(N2CCOCC2)CCCCC1. The van der Waals surface area contributed by atoms with Crippen LogP contribution in [0.2, 0.25) is 0 Å². The summed E-state index contributed by atoms with van der Waals surface area (Å²) in [5.41, 5.74) is -0.762. The van der Waals surface area contributed by atoms with E-state index in [0.717, 1.165) is 62.4 Å². The zero-order valence-corrected chi connectivity index (χ0v) is 17.7. The second kappa shape index (κ2) is 10.1. The fourth-order valence-electron chi connectivity index (χ4n) is 4.10. The van der Waals surface area contributed by atoms with E-state index in [0.29, 0.717) is 17.5 Å². The summed E-state index contributed by atoms with van der Waals surface area (Å²) in [6.45, 7) is 6.96. The highest BCUT2D eigenvalue weighted by molar-refractivity contribution is 7.09. The molecule has 0 radical (unpaired) electrons. The molecule has 10 heteroatoms. The Morgan fingerprint density at radius 2 is 1.97 bits per heavy atom. The molecule has 0 unspecified atom stereocenters. The molecule has 0 spiro atoms. The van der Waals surface area contributed by atoms with Crippen molar-refractivity contribution in [3.8, 4) is 0 Å². The summed E-state index contributed by atoms with van der Waals surface area (Å²) >= 11 is 0.989. The smallest absolute Gasteiger partial charge is 0.379 e. The summed E-state index contributed by atoms with van der Waals surface area (Å²) < 4.78 is 43.7. The van der Waals surface area contributed by atoms with Gasteiger partial charge in [0.2, 0.25) is 0 Å². The Bertz CT molecular complexity index is 667. The monoisotopic (exact) mass is 433 g/mol. The first-order valence-corrected chi connectivity index (χ1v) is 11.2. The topological polar surface area (TPSA) is 61.8 Å². The number of thiazole rings is 1. The molecule has 2 fully saturated rings. The molecule has 3 rings (SSSR count). The van der Waals surface area contributed by atoms with E-state index in [-0.39, 0.29) is 12.1 Å². The Kier molecular flexibility index (Phi) is 7.75. The summed E-state index contributed by atoms with van der Waals surface area (Å²) in [7, 11) is 0. The van der Waals surface area contributed by atoms with Gasteiger partial charge in [-0.05, 0) is 19.8 Å². The van der Waals surface area contributed by atoms with Crippen LogP contribution in [0, 0.1) is 0 Å². The molecule has 1 aromatic heterocycles. The minimum Gasteiger partial charge on any atom is -0.379 e. The molecule has 29 heavy (non-hydrogen) atoms. The van der Waals surface area contributed by atoms with Crippen LogP contribution < -0.4 is 10.6 Å². The highest BCUT2D eigenvalue weighted by atomic mass is 32.1. The lowest BCUT2D eigenvalue weighted by Crippen LogP contribution is -2.60. The first kappa shape index (κ1) is 22.3. The largest absolute Gasteiger partial charge is 0.434 e. The van der Waals surface area contributed by atoms with Gasteiger partial charge >= 0.3 is 6.18 Å². The van der Waals surface area contributed by atoms with Gasteiger partial charge in [0.1, 0.15) is 5.01 Å². The molecule has 1 saturated heterocycles. The van der Waals surface area contributed by atoms with Gasteiger partial charge in [0, 0.05) is 37.1 Å². The van der Waals surface area contributed by atoms with Gasteiger partial charge in [-0.2, -0.15) is 13.2 Å². The molecular weight excluding hydrogens is 403 g/mol. The molecule has 1 saturated carbocycles. The van der Waals surface area contributed by atoms with Gasteiger partial charge in [-0.3, -0.25) is 4.90 Å². The number of nitrogens with one attached hydrogen (secondary N) is 2. The van der Waals surface area contributed by atoms with E-state index < -0.39 is 11.9 Å². The van der Waals surface area contributed by atoms with Crippen LogP contribution in [-0.4, -0.2) is 60.8 Å². The minimum absolute atomic E-state index is 0.0862. The zero-order chi connectivity index (χ0) is 20.7. The molecule has 2 aliphatic rings. The lowest BCUT2D eigenvalue weighted by Gasteiger charge is -2.48. The second-order valence-corrected chi connectivity index (χ2v) is 8.50. The van der Waals surface area contributed by atoms with Crippen LogP contribution in [0.4, 0.5) is 13.2 Å². The van der Waals surface area contributed by atoms with E-state index in [4.69, 9.17) is 4.74 Å². The van der Waals surface area contributed by atoms with Gasteiger partial charge in [-0.15, -0.1) is 11.3 Å². The highest BCUT2D eigenvalue weighted by Crippen LogP contribution is 2.34. The second-order valence-electron chi connectivity index (χ2n) is 7.56. The van der Waals surface area contributed by atoms with Gasteiger partial charge in [0.05, 0.1) is 19.8 Å². The Labute approximate surface area is 173 Å². The molecule has 1 aliphatic heterocycles. The van der Waals surface area contributed by atoms with Crippen LogP contribution in [0.15, 0.2) is 10.4 Å². The molecule has 164 valence electrons. The molecule has 1 aliphatic carbocycles. The summed E-state index contributed by atoms with van der Waals surface area (Å²) in [5.74, 6) is 0.620. The molecule has 0 amide bonds. The van der Waals surface area contributed by atoms with Crippen molar-refractivity contribution in [3.05, 3.63) is 16.1 Å². The van der Waals surface area contributed by atoms with Crippen LogP contribution in [0.25, 0.3) is 0 Å². The van der Waals surface area contributed by atoms with E-state index in [1.165, 1.54) is 19.3 Å². The summed E-state index contributed by atoms with van der Waals surface area (Å²) in [6, 6.07) is 0. The number of guanidine groups is 1. The van der Waals surface area contributed by atoms with Crippen LogP contribution in [0.1, 0.15) is 49.7 Å². The number of hydrogen-bond acceptors (Lipinski definition) is 5. The Hall–Kier alpha value is -1.39. The molecule has 1 aromatic rings. The van der Waals surface area contributed by atoms with E-state index in [1.54, 1.807) is 0 Å². The number of nitrogens with zero attached hydrogens (tertiary/aromatic N) is 3. The number of ether oxygens (including phenoxy) is 1. The minimum atomic E-state index is -4.41. The lowest BCUT2D eigenvalue weighted by atomic mass is 9.80. The molecule has 6 nitrogen and oxygen atoms in total. The maximum atomic E-state index is 12.7. The summed E-state index contributed by atoms with van der Waals surface area (Å²) in [5, 5.41) is 8.05. The average Bonchev–Trinajstić information content (AvgIpc) is 3.21. The summed E-state index contributed by atoms with van der Waals surface area (Å²) in [6.07, 6.45) is 1.57. The van der Waals surface area contributed by atoms with Crippen molar-refractivity contribution < 1.29 is 17.9 Å². The van der Waals surface area contributed by atoms with Crippen molar-refractivity contribution in [1.82, 2.24) is 20.5 Å². The van der Waals surface area contributed by atoms with Crippen molar-refractivity contribution >= 4 is 17.3 Å². The number of rotatable bonds is 6. The van der Waals surface area contributed by atoms with Crippen LogP contribution in [0.3, 0.4) is 0 Å². The third-order valence-electron chi connectivity index (χ3n) is 5.61. The number of aliphatic imine (C=N–C) groups is 1. The van der Waals surface area contributed by atoms with Gasteiger partial charge in [0.15, 0.2) is 11.7 Å². The molecule has 0 aromatic carbocycles. The fourth-order valence-corrected chi connectivity index (χ4v) is 4.83. The third-order valence-corrected chi connectivity index (χ3v) is 6.44. The van der Waals surface area contributed by atoms with Crippen LogP contribution in [0.5, 0.6) is 0 Å². The Morgan fingerprint density at radius 3 is 2.59 bits per heavy atom. The van der Waals surface area contributed by atoms with Crippen LogP contribution in [-0.2, 0) is 17.5 Å². The molecule has 0 bridgehead atoms. The van der Waals surface area contributed by atoms with Crippen molar-refractivity contribution in [2.75, 3.05) is 39.4 Å². The Morgan fingerprint density at radius 1 is 1.24 bits per heavy atom. The van der Waals surface area contributed by atoms with Crippen molar-refractivity contribution in [3.63, 3.8) is 0 Å². The number of alkyl halides is 3. The number of morpholine rings is 1. The highest BCUT2D eigenvalue weighted by Gasteiger charge is 2.38. The predicted molar refractivity (Wildman–Crippen MR) is 108 cm³/mol. The normalized spacial score (nSPS) is 21.2. The fraction of sp³-hybridized carbons (Fsp3) is 0.789. The van der Waals surface area contributed by atoms with E-state index in [9.17, 15) is 13.2 Å². The van der Waals surface area contributed by atoms with E-state index in [2.05, 4.69) is 25.5 Å².